The van der Waals surface area contributed by atoms with Gasteiger partial charge < -0.3 is 4.74 Å². The molecule has 3 heteroatoms. The Kier molecular flexibility index (Phi) is 2.76. The highest BCUT2D eigenvalue weighted by Gasteiger charge is 2.43. The summed E-state index contributed by atoms with van der Waals surface area (Å²) in [4.78, 5) is 0.0816. The molecular formula is C9H19NOS. The molecular weight excluding hydrogens is 170 g/mol. The van der Waals surface area contributed by atoms with E-state index in [2.05, 4.69) is 33.0 Å². The predicted octanol–water partition coefficient (Wildman–Crippen LogP) is 1.85. The van der Waals surface area contributed by atoms with Crippen molar-refractivity contribution >= 4 is 11.8 Å². The third kappa shape index (κ3) is 1.95. The summed E-state index contributed by atoms with van der Waals surface area (Å²) in [7, 11) is 1.77. The van der Waals surface area contributed by atoms with Crippen LogP contribution >= 0.6 is 11.8 Å². The highest BCUT2D eigenvalue weighted by atomic mass is 32.2. The van der Waals surface area contributed by atoms with Gasteiger partial charge in [0, 0.05) is 18.4 Å². The molecule has 0 saturated carbocycles. The number of rotatable bonds is 2. The van der Waals surface area contributed by atoms with Gasteiger partial charge >= 0.3 is 0 Å². The maximum atomic E-state index is 5.35. The van der Waals surface area contributed by atoms with Gasteiger partial charge in [0.1, 0.15) is 0 Å². The lowest BCUT2D eigenvalue weighted by Gasteiger charge is -2.32. The van der Waals surface area contributed by atoms with Gasteiger partial charge in [0.25, 0.3) is 0 Å². The summed E-state index contributed by atoms with van der Waals surface area (Å²) in [5.41, 5.74) is 0.242. The number of methoxy groups -OCH3 is 1. The second kappa shape index (κ2) is 3.20. The maximum Gasteiger partial charge on any atom is 0.0883 e. The lowest BCUT2D eigenvalue weighted by atomic mass is 10.1. The molecule has 0 spiro atoms. The maximum absolute atomic E-state index is 5.35. The molecule has 0 amide bonds. The fraction of sp³-hybridized carbons (Fsp3) is 1.00. The van der Waals surface area contributed by atoms with E-state index in [-0.39, 0.29) is 16.5 Å². The summed E-state index contributed by atoms with van der Waals surface area (Å²) < 4.78 is 5.35. The van der Waals surface area contributed by atoms with E-state index in [1.165, 1.54) is 0 Å². The number of hydrogen-bond acceptors (Lipinski definition) is 3. The Labute approximate surface area is 79.4 Å². The van der Waals surface area contributed by atoms with E-state index in [0.717, 1.165) is 5.75 Å². The van der Waals surface area contributed by atoms with Crippen LogP contribution in [0.4, 0.5) is 0 Å². The van der Waals surface area contributed by atoms with Crippen molar-refractivity contribution in [1.29, 1.82) is 0 Å². The highest BCUT2D eigenvalue weighted by molar-refractivity contribution is 8.01. The van der Waals surface area contributed by atoms with Crippen molar-refractivity contribution in [1.82, 2.24) is 5.32 Å². The molecule has 0 bridgehead atoms. The SMILES string of the molecule is COC(C)C1(C)NC(C)(C)CS1. The summed E-state index contributed by atoms with van der Waals surface area (Å²) in [6, 6.07) is 0. The fourth-order valence-electron chi connectivity index (χ4n) is 1.52. The topological polar surface area (TPSA) is 21.3 Å². The first-order valence-electron chi connectivity index (χ1n) is 4.36. The fourth-order valence-corrected chi connectivity index (χ4v) is 2.93. The van der Waals surface area contributed by atoms with Crippen LogP contribution in [0.1, 0.15) is 27.7 Å². The van der Waals surface area contributed by atoms with Crippen LogP contribution in [-0.4, -0.2) is 29.4 Å². The van der Waals surface area contributed by atoms with Crippen molar-refractivity contribution in [3.05, 3.63) is 0 Å². The van der Waals surface area contributed by atoms with Crippen LogP contribution < -0.4 is 5.32 Å². The minimum Gasteiger partial charge on any atom is -0.379 e. The molecule has 1 fully saturated rings. The average molecular weight is 189 g/mol. The summed E-state index contributed by atoms with van der Waals surface area (Å²) in [5.74, 6) is 1.15. The molecule has 1 aliphatic heterocycles. The zero-order valence-electron chi connectivity index (χ0n) is 8.60. The van der Waals surface area contributed by atoms with Gasteiger partial charge in [0.15, 0.2) is 0 Å². The summed E-state index contributed by atoms with van der Waals surface area (Å²) in [6.07, 6.45) is 0.254. The predicted molar refractivity (Wildman–Crippen MR) is 54.5 cm³/mol. The Hall–Kier alpha value is 0.270. The Morgan fingerprint density at radius 1 is 1.42 bits per heavy atom. The standard InChI is InChI=1S/C9H19NOS/c1-7(11-5)9(4)10-8(2,3)6-12-9/h7,10H,6H2,1-5H3. The van der Waals surface area contributed by atoms with E-state index in [4.69, 9.17) is 4.74 Å². The molecule has 2 nitrogen and oxygen atoms in total. The van der Waals surface area contributed by atoms with Crippen LogP contribution in [0.25, 0.3) is 0 Å². The zero-order chi connectivity index (χ0) is 9.41. The Morgan fingerprint density at radius 2 is 2.00 bits per heavy atom. The van der Waals surface area contributed by atoms with Crippen LogP contribution in [0.5, 0.6) is 0 Å². The number of nitrogens with one attached hydrogen (secondary N) is 1. The van der Waals surface area contributed by atoms with E-state index in [0.29, 0.717) is 0 Å². The first kappa shape index (κ1) is 10.4. The van der Waals surface area contributed by atoms with Crippen molar-refractivity contribution < 1.29 is 4.74 Å². The molecule has 2 atom stereocenters. The normalized spacial score (nSPS) is 36.8. The van der Waals surface area contributed by atoms with Crippen LogP contribution in [-0.2, 0) is 4.74 Å². The average Bonchev–Trinajstić information content (AvgIpc) is 2.25. The van der Waals surface area contributed by atoms with E-state index >= 15 is 0 Å². The van der Waals surface area contributed by atoms with Crippen LogP contribution in [0, 0.1) is 0 Å². The first-order valence-corrected chi connectivity index (χ1v) is 5.34. The molecule has 0 aromatic heterocycles. The molecule has 1 heterocycles. The van der Waals surface area contributed by atoms with E-state index in [1.807, 2.05) is 11.8 Å². The number of hydrogen-bond donors (Lipinski definition) is 1. The van der Waals surface area contributed by atoms with Gasteiger partial charge in [-0.3, -0.25) is 5.32 Å². The molecule has 1 saturated heterocycles. The van der Waals surface area contributed by atoms with Gasteiger partial charge in [-0.25, -0.2) is 0 Å². The second-order valence-electron chi connectivity index (χ2n) is 4.28. The van der Waals surface area contributed by atoms with Gasteiger partial charge in [0.2, 0.25) is 0 Å². The summed E-state index contributed by atoms with van der Waals surface area (Å²) >= 11 is 1.95. The third-order valence-corrected chi connectivity index (χ3v) is 4.35. The van der Waals surface area contributed by atoms with Gasteiger partial charge in [-0.1, -0.05) is 0 Å². The van der Waals surface area contributed by atoms with Gasteiger partial charge in [0.05, 0.1) is 11.0 Å². The quantitative estimate of drug-likeness (QED) is 0.716. The molecule has 1 aliphatic rings. The van der Waals surface area contributed by atoms with Gasteiger partial charge in [-0.15, -0.1) is 11.8 Å². The first-order chi connectivity index (χ1) is 5.40. The van der Waals surface area contributed by atoms with Crippen LogP contribution in [0.2, 0.25) is 0 Å². The summed E-state index contributed by atoms with van der Waals surface area (Å²) in [5, 5.41) is 3.60. The molecule has 0 aliphatic carbocycles. The Morgan fingerprint density at radius 3 is 2.33 bits per heavy atom. The van der Waals surface area contributed by atoms with E-state index < -0.39 is 0 Å². The summed E-state index contributed by atoms with van der Waals surface area (Å²) in [6.45, 7) is 8.78. The minimum absolute atomic E-state index is 0.0816. The molecule has 1 rings (SSSR count). The van der Waals surface area contributed by atoms with Crippen molar-refractivity contribution in [3.63, 3.8) is 0 Å². The minimum atomic E-state index is 0.0816. The van der Waals surface area contributed by atoms with Gasteiger partial charge in [-0.2, -0.15) is 0 Å². The van der Waals surface area contributed by atoms with Crippen LogP contribution in [0.3, 0.4) is 0 Å². The molecule has 2 unspecified atom stereocenters. The monoisotopic (exact) mass is 189 g/mol. The number of thioether (sulfide) groups is 1. The Balaban J connectivity index is 2.64. The van der Waals surface area contributed by atoms with Crippen LogP contribution in [0.15, 0.2) is 0 Å². The Bertz CT molecular complexity index is 172. The molecule has 0 aromatic rings. The lowest BCUT2D eigenvalue weighted by Crippen LogP contribution is -2.51. The second-order valence-corrected chi connectivity index (χ2v) is 5.71. The number of ether oxygens (including phenoxy) is 1. The molecule has 0 aromatic carbocycles. The highest BCUT2D eigenvalue weighted by Crippen LogP contribution is 2.38. The van der Waals surface area contributed by atoms with Crippen molar-refractivity contribution in [3.8, 4) is 0 Å². The van der Waals surface area contributed by atoms with Crippen molar-refractivity contribution in [2.24, 2.45) is 0 Å². The molecule has 0 radical (unpaired) electrons. The zero-order valence-corrected chi connectivity index (χ0v) is 9.42. The smallest absolute Gasteiger partial charge is 0.0883 e. The van der Waals surface area contributed by atoms with E-state index in [1.54, 1.807) is 7.11 Å². The lowest BCUT2D eigenvalue weighted by molar-refractivity contribution is 0.0715. The molecule has 72 valence electrons. The largest absolute Gasteiger partial charge is 0.379 e. The van der Waals surface area contributed by atoms with Crippen molar-refractivity contribution in [2.75, 3.05) is 12.9 Å². The molecule has 1 N–H and O–H groups in total. The van der Waals surface area contributed by atoms with E-state index in [9.17, 15) is 0 Å². The van der Waals surface area contributed by atoms with Gasteiger partial charge in [-0.05, 0) is 27.7 Å². The van der Waals surface area contributed by atoms with Crippen molar-refractivity contribution in [2.45, 2.75) is 44.2 Å². The third-order valence-electron chi connectivity index (χ3n) is 2.45. The molecule has 12 heavy (non-hydrogen) atoms.